The molecule has 3 amide bonds. The largest absolute Gasteiger partial charge is 0.329 e. The normalized spacial score (nSPS) is 11.0. The smallest absolute Gasteiger partial charge is 0.326 e. The van der Waals surface area contributed by atoms with Crippen molar-refractivity contribution in [1.29, 1.82) is 0 Å². The van der Waals surface area contributed by atoms with Crippen LogP contribution in [0, 0.1) is 6.92 Å². The van der Waals surface area contributed by atoms with E-state index in [9.17, 15) is 14.4 Å². The molecule has 0 aliphatic heterocycles. The van der Waals surface area contributed by atoms with E-state index in [4.69, 9.17) is 11.6 Å². The fourth-order valence-corrected chi connectivity index (χ4v) is 2.65. The first-order chi connectivity index (χ1) is 13.8. The molecule has 0 spiro atoms. The average Bonchev–Trinajstić information content (AvgIpc) is 2.69. The number of anilines is 2. The number of para-hydroxylation sites is 1. The lowest BCUT2D eigenvalue weighted by Crippen LogP contribution is -2.33. The van der Waals surface area contributed by atoms with Crippen LogP contribution in [-0.4, -0.2) is 23.4 Å². The van der Waals surface area contributed by atoms with Crippen molar-refractivity contribution in [3.63, 3.8) is 0 Å². The Morgan fingerprint density at radius 2 is 1.76 bits per heavy atom. The van der Waals surface area contributed by atoms with Crippen LogP contribution in [0.5, 0.6) is 0 Å². The van der Waals surface area contributed by atoms with Crippen LogP contribution in [0.2, 0.25) is 5.02 Å². The Balaban J connectivity index is 1.87. The van der Waals surface area contributed by atoms with Gasteiger partial charge in [0.1, 0.15) is 0 Å². The number of nitrogens with zero attached hydrogens (tertiary/aromatic N) is 1. The highest BCUT2D eigenvalue weighted by Gasteiger charge is 2.14. The third kappa shape index (κ3) is 6.73. The molecule has 0 aromatic heterocycles. The number of carbonyl (C=O) groups excluding carboxylic acids is 3. The zero-order valence-corrected chi connectivity index (χ0v) is 17.3. The Bertz CT molecular complexity index is 957. The van der Waals surface area contributed by atoms with Crippen LogP contribution in [0.1, 0.15) is 31.4 Å². The zero-order chi connectivity index (χ0) is 21.4. The van der Waals surface area contributed by atoms with Crippen molar-refractivity contribution in [2.75, 3.05) is 10.6 Å². The number of amides is 3. The molecule has 0 aliphatic carbocycles. The maximum atomic E-state index is 12.2. The van der Waals surface area contributed by atoms with Crippen LogP contribution in [0.25, 0.3) is 0 Å². The molecule has 0 bridgehead atoms. The van der Waals surface area contributed by atoms with Gasteiger partial charge in [-0.25, -0.2) is 5.43 Å². The zero-order valence-electron chi connectivity index (χ0n) is 16.5. The Kier molecular flexibility index (Phi) is 7.91. The first-order valence-electron chi connectivity index (χ1n) is 9.08. The fraction of sp³-hybridized carbons (Fsp3) is 0.238. The van der Waals surface area contributed by atoms with Gasteiger partial charge < -0.3 is 10.6 Å². The number of hydrogen-bond acceptors (Lipinski definition) is 4. The molecule has 29 heavy (non-hydrogen) atoms. The van der Waals surface area contributed by atoms with E-state index in [2.05, 4.69) is 21.2 Å². The maximum Gasteiger partial charge on any atom is 0.329 e. The highest BCUT2D eigenvalue weighted by molar-refractivity contribution is 6.40. The number of halogens is 1. The second kappa shape index (κ2) is 10.4. The molecule has 7 nitrogen and oxygen atoms in total. The lowest BCUT2D eigenvalue weighted by molar-refractivity contribution is -0.136. The van der Waals surface area contributed by atoms with Crippen molar-refractivity contribution < 1.29 is 14.4 Å². The predicted molar refractivity (Wildman–Crippen MR) is 115 cm³/mol. The van der Waals surface area contributed by atoms with Crippen LogP contribution in [0.15, 0.2) is 47.6 Å². The molecule has 0 fully saturated rings. The summed E-state index contributed by atoms with van der Waals surface area (Å²) in [5.74, 6) is -2.10. The highest BCUT2D eigenvalue weighted by atomic mass is 35.5. The number of carbonyl (C=O) groups is 3. The van der Waals surface area contributed by atoms with Crippen molar-refractivity contribution in [3.05, 3.63) is 58.6 Å². The summed E-state index contributed by atoms with van der Waals surface area (Å²) in [6, 6.07) is 12.4. The van der Waals surface area contributed by atoms with Crippen molar-refractivity contribution >= 4 is 46.4 Å². The highest BCUT2D eigenvalue weighted by Crippen LogP contribution is 2.19. The van der Waals surface area contributed by atoms with Crippen LogP contribution < -0.4 is 16.1 Å². The Morgan fingerprint density at radius 1 is 1.03 bits per heavy atom. The van der Waals surface area contributed by atoms with Gasteiger partial charge in [0.05, 0.1) is 6.42 Å². The molecule has 2 aromatic carbocycles. The SMILES string of the molecule is CCc1ccccc1NC(=O)C/C(C)=N/NC(=O)C(=O)Nc1ccc(C)c(Cl)c1. The molecule has 0 atom stereocenters. The van der Waals surface area contributed by atoms with Crippen LogP contribution in [0.4, 0.5) is 11.4 Å². The van der Waals surface area contributed by atoms with Gasteiger partial charge in [0.25, 0.3) is 0 Å². The van der Waals surface area contributed by atoms with Crippen LogP contribution in [0.3, 0.4) is 0 Å². The topological polar surface area (TPSA) is 99.7 Å². The summed E-state index contributed by atoms with van der Waals surface area (Å²) in [6.45, 7) is 5.42. The van der Waals surface area contributed by atoms with Crippen LogP contribution >= 0.6 is 11.6 Å². The van der Waals surface area contributed by atoms with Gasteiger partial charge >= 0.3 is 11.8 Å². The molecule has 0 radical (unpaired) electrons. The summed E-state index contributed by atoms with van der Waals surface area (Å²) in [5, 5.41) is 9.55. The molecule has 0 saturated carbocycles. The summed E-state index contributed by atoms with van der Waals surface area (Å²) in [7, 11) is 0. The number of rotatable bonds is 6. The molecule has 0 saturated heterocycles. The molecule has 0 aliphatic rings. The minimum absolute atomic E-state index is 0.0203. The number of hydrazone groups is 1. The van der Waals surface area contributed by atoms with E-state index < -0.39 is 11.8 Å². The summed E-state index contributed by atoms with van der Waals surface area (Å²) < 4.78 is 0. The quantitative estimate of drug-likeness (QED) is 0.382. The average molecular weight is 415 g/mol. The van der Waals surface area contributed by atoms with E-state index in [1.165, 1.54) is 0 Å². The number of benzene rings is 2. The molecule has 0 unspecified atom stereocenters. The van der Waals surface area contributed by atoms with Gasteiger partial charge in [-0.2, -0.15) is 5.10 Å². The van der Waals surface area contributed by atoms with E-state index in [0.29, 0.717) is 16.4 Å². The lowest BCUT2D eigenvalue weighted by Gasteiger charge is -2.09. The molecular formula is C21H23ClN4O3. The van der Waals surface area contributed by atoms with Crippen molar-refractivity contribution in [2.24, 2.45) is 5.10 Å². The Morgan fingerprint density at radius 3 is 2.45 bits per heavy atom. The fourth-order valence-electron chi connectivity index (χ4n) is 2.47. The van der Waals surface area contributed by atoms with Crippen molar-refractivity contribution in [2.45, 2.75) is 33.6 Å². The number of nitrogens with one attached hydrogen (secondary N) is 3. The van der Waals surface area contributed by atoms with E-state index in [1.54, 1.807) is 25.1 Å². The Labute approximate surface area is 174 Å². The molecule has 8 heteroatoms. The van der Waals surface area contributed by atoms with Gasteiger partial charge in [-0.3, -0.25) is 14.4 Å². The molecule has 152 valence electrons. The predicted octanol–water partition coefficient (Wildman–Crippen LogP) is 3.67. The maximum absolute atomic E-state index is 12.2. The van der Waals surface area contributed by atoms with E-state index >= 15 is 0 Å². The summed E-state index contributed by atoms with van der Waals surface area (Å²) in [5.41, 5.74) is 5.52. The molecule has 3 N–H and O–H groups in total. The molecule has 2 rings (SSSR count). The van der Waals surface area contributed by atoms with E-state index in [1.807, 2.05) is 38.1 Å². The third-order valence-corrected chi connectivity index (χ3v) is 4.48. The van der Waals surface area contributed by atoms with Gasteiger partial charge in [-0.15, -0.1) is 0 Å². The standard InChI is InChI=1S/C21H23ClN4O3/c1-4-15-7-5-6-8-18(15)24-19(27)11-14(3)25-26-21(29)20(28)23-16-10-9-13(2)17(22)12-16/h5-10,12H,4,11H2,1-3H3,(H,23,28)(H,24,27)(H,26,29)/b25-14+. The second-order valence-electron chi connectivity index (χ2n) is 6.44. The van der Waals surface area contributed by atoms with Gasteiger partial charge in [0.2, 0.25) is 5.91 Å². The Hall–Kier alpha value is -3.19. The van der Waals surface area contributed by atoms with Gasteiger partial charge in [0.15, 0.2) is 0 Å². The monoisotopic (exact) mass is 414 g/mol. The van der Waals surface area contributed by atoms with Gasteiger partial charge in [0, 0.05) is 22.1 Å². The summed E-state index contributed by atoms with van der Waals surface area (Å²) in [4.78, 5) is 36.0. The lowest BCUT2D eigenvalue weighted by atomic mass is 10.1. The minimum atomic E-state index is -0.946. The minimum Gasteiger partial charge on any atom is -0.326 e. The third-order valence-electron chi connectivity index (χ3n) is 4.07. The van der Waals surface area contributed by atoms with Gasteiger partial charge in [-0.05, 0) is 49.6 Å². The van der Waals surface area contributed by atoms with Crippen LogP contribution in [-0.2, 0) is 20.8 Å². The summed E-state index contributed by atoms with van der Waals surface area (Å²) in [6.07, 6.45) is 0.772. The first kappa shape index (κ1) is 22.1. The number of hydrogen-bond donors (Lipinski definition) is 3. The molecule has 0 heterocycles. The molecular weight excluding hydrogens is 392 g/mol. The summed E-state index contributed by atoms with van der Waals surface area (Å²) >= 11 is 5.99. The van der Waals surface area contributed by atoms with Crippen molar-refractivity contribution in [3.8, 4) is 0 Å². The van der Waals surface area contributed by atoms with E-state index in [-0.39, 0.29) is 12.3 Å². The van der Waals surface area contributed by atoms with Gasteiger partial charge in [-0.1, -0.05) is 42.8 Å². The molecule has 2 aromatic rings. The number of aryl methyl sites for hydroxylation is 2. The van der Waals surface area contributed by atoms with Crippen molar-refractivity contribution in [1.82, 2.24) is 5.43 Å². The first-order valence-corrected chi connectivity index (χ1v) is 9.46. The van der Waals surface area contributed by atoms with E-state index in [0.717, 1.165) is 23.2 Å². The second-order valence-corrected chi connectivity index (χ2v) is 6.85.